The van der Waals surface area contributed by atoms with Crippen LogP contribution >= 0.6 is 0 Å². The highest BCUT2D eigenvalue weighted by molar-refractivity contribution is 6.04. The molecule has 1 heterocycles. The van der Waals surface area contributed by atoms with Crippen molar-refractivity contribution < 1.29 is 23.5 Å². The topological polar surface area (TPSA) is 67.9 Å². The van der Waals surface area contributed by atoms with Gasteiger partial charge >= 0.3 is 0 Å². The molecule has 136 valence electrons. The number of ether oxygens (including phenoxy) is 2. The normalized spacial score (nSPS) is 13.6. The molecule has 1 aliphatic heterocycles. The summed E-state index contributed by atoms with van der Waals surface area (Å²) in [7, 11) is 1.57. The van der Waals surface area contributed by atoms with Crippen molar-refractivity contribution in [3.05, 3.63) is 59.4 Å². The third-order valence-electron chi connectivity index (χ3n) is 4.08. The minimum Gasteiger partial charge on any atom is -0.483 e. The zero-order chi connectivity index (χ0) is 18.5. The van der Waals surface area contributed by atoms with Crippen LogP contribution in [0.5, 0.6) is 5.75 Å². The molecule has 2 amide bonds. The van der Waals surface area contributed by atoms with Crippen LogP contribution < -0.4 is 10.1 Å². The number of para-hydroxylation sites is 1. The molecule has 26 heavy (non-hydrogen) atoms. The van der Waals surface area contributed by atoms with E-state index in [1.807, 2.05) is 0 Å². The fourth-order valence-electron chi connectivity index (χ4n) is 2.67. The van der Waals surface area contributed by atoms with Crippen molar-refractivity contribution >= 4 is 17.5 Å². The molecule has 0 atom stereocenters. The van der Waals surface area contributed by atoms with Crippen molar-refractivity contribution in [3.8, 4) is 5.75 Å². The number of hydrogen-bond donors (Lipinski definition) is 1. The molecule has 0 aromatic heterocycles. The van der Waals surface area contributed by atoms with Gasteiger partial charge in [0, 0.05) is 31.3 Å². The summed E-state index contributed by atoms with van der Waals surface area (Å²) >= 11 is 0. The Kier molecular flexibility index (Phi) is 5.48. The Hall–Kier alpha value is -2.93. The number of nitrogens with zero attached hydrogens (tertiary/aromatic N) is 1. The molecule has 0 unspecified atom stereocenters. The van der Waals surface area contributed by atoms with Gasteiger partial charge in [-0.25, -0.2) is 4.39 Å². The molecule has 0 radical (unpaired) electrons. The van der Waals surface area contributed by atoms with Gasteiger partial charge in [0.05, 0.1) is 12.3 Å². The molecule has 7 heteroatoms. The van der Waals surface area contributed by atoms with Gasteiger partial charge in [0.2, 0.25) is 0 Å². The molecule has 0 saturated heterocycles. The maximum atomic E-state index is 13.7. The molecule has 1 aliphatic rings. The molecular formula is C19H19FN2O4. The molecular weight excluding hydrogens is 339 g/mol. The van der Waals surface area contributed by atoms with Crippen LogP contribution in [0.1, 0.15) is 15.9 Å². The van der Waals surface area contributed by atoms with E-state index in [4.69, 9.17) is 9.47 Å². The lowest BCUT2D eigenvalue weighted by molar-refractivity contribution is -0.133. The van der Waals surface area contributed by atoms with Gasteiger partial charge in [-0.1, -0.05) is 12.1 Å². The molecule has 6 nitrogen and oxygen atoms in total. The molecule has 0 spiro atoms. The van der Waals surface area contributed by atoms with E-state index >= 15 is 0 Å². The maximum absolute atomic E-state index is 13.7. The minimum atomic E-state index is -0.504. The number of fused-ring (bicyclic) bond motifs is 1. The summed E-state index contributed by atoms with van der Waals surface area (Å²) in [6.45, 7) is 1.11. The summed E-state index contributed by atoms with van der Waals surface area (Å²) in [5, 5.41) is 2.55. The summed E-state index contributed by atoms with van der Waals surface area (Å²) in [5.41, 5.74) is 1.19. The van der Waals surface area contributed by atoms with E-state index in [9.17, 15) is 14.0 Å². The van der Waals surface area contributed by atoms with Crippen LogP contribution in [0.15, 0.2) is 42.5 Å². The highest BCUT2D eigenvalue weighted by Crippen LogP contribution is 2.25. The number of benzene rings is 2. The minimum absolute atomic E-state index is 0.0581. The summed E-state index contributed by atoms with van der Waals surface area (Å²) in [6, 6.07) is 10.9. The lowest BCUT2D eigenvalue weighted by atomic mass is 10.1. The number of halogens is 1. The van der Waals surface area contributed by atoms with Crippen LogP contribution in [-0.2, 0) is 16.1 Å². The van der Waals surface area contributed by atoms with E-state index in [-0.39, 0.29) is 18.2 Å². The number of amides is 2. The highest BCUT2D eigenvalue weighted by atomic mass is 19.1. The number of anilines is 1. The van der Waals surface area contributed by atoms with Gasteiger partial charge in [0.15, 0.2) is 6.61 Å². The third kappa shape index (κ3) is 4.00. The van der Waals surface area contributed by atoms with Crippen LogP contribution in [0.2, 0.25) is 0 Å². The standard InChI is InChI=1S/C19H19FN2O4/c1-25-9-8-22-11-14-10-13(6-7-17(14)26-12-18(22)23)19(24)21-16-5-3-2-4-15(16)20/h2-7,10H,8-9,11-12H2,1H3,(H,21,24). The maximum Gasteiger partial charge on any atom is 0.260 e. The zero-order valence-electron chi connectivity index (χ0n) is 14.3. The molecule has 0 fully saturated rings. The van der Waals surface area contributed by atoms with Crippen molar-refractivity contribution in [2.75, 3.05) is 32.2 Å². The Morgan fingerprint density at radius 1 is 1.31 bits per heavy atom. The number of rotatable bonds is 5. The Morgan fingerprint density at radius 3 is 2.88 bits per heavy atom. The Bertz CT molecular complexity index is 825. The number of carbonyl (C=O) groups is 2. The smallest absolute Gasteiger partial charge is 0.260 e. The summed E-state index contributed by atoms with van der Waals surface area (Å²) in [5.74, 6) is -0.525. The fraction of sp³-hybridized carbons (Fsp3) is 0.263. The largest absolute Gasteiger partial charge is 0.483 e. The lowest BCUT2D eigenvalue weighted by Gasteiger charge is -2.19. The zero-order valence-corrected chi connectivity index (χ0v) is 14.3. The number of carbonyl (C=O) groups excluding carboxylic acids is 2. The SMILES string of the molecule is COCCN1Cc2cc(C(=O)Nc3ccccc3F)ccc2OCC1=O. The second kappa shape index (κ2) is 7.97. The van der Waals surface area contributed by atoms with Crippen LogP contribution in [-0.4, -0.2) is 43.6 Å². The van der Waals surface area contributed by atoms with Crippen LogP contribution in [0.4, 0.5) is 10.1 Å². The fourth-order valence-corrected chi connectivity index (χ4v) is 2.67. The first-order chi connectivity index (χ1) is 12.6. The van der Waals surface area contributed by atoms with Crippen molar-refractivity contribution in [2.45, 2.75) is 6.54 Å². The molecule has 1 N–H and O–H groups in total. The summed E-state index contributed by atoms with van der Waals surface area (Å²) in [6.07, 6.45) is 0. The van der Waals surface area contributed by atoms with Crippen molar-refractivity contribution in [2.24, 2.45) is 0 Å². The van der Waals surface area contributed by atoms with Gasteiger partial charge in [-0.05, 0) is 30.3 Å². The first-order valence-electron chi connectivity index (χ1n) is 8.17. The quantitative estimate of drug-likeness (QED) is 0.892. The average Bonchev–Trinajstić information content (AvgIpc) is 2.80. The molecule has 3 rings (SSSR count). The number of methoxy groups -OCH3 is 1. The molecule has 0 aliphatic carbocycles. The van der Waals surface area contributed by atoms with E-state index in [1.54, 1.807) is 42.3 Å². The molecule has 0 bridgehead atoms. The van der Waals surface area contributed by atoms with E-state index in [2.05, 4.69) is 5.32 Å². The predicted molar refractivity (Wildman–Crippen MR) is 93.6 cm³/mol. The Morgan fingerprint density at radius 2 is 2.12 bits per heavy atom. The van der Waals surface area contributed by atoms with E-state index < -0.39 is 11.7 Å². The molecule has 0 saturated carbocycles. The third-order valence-corrected chi connectivity index (χ3v) is 4.08. The van der Waals surface area contributed by atoms with Crippen molar-refractivity contribution in [1.29, 1.82) is 0 Å². The summed E-state index contributed by atoms with van der Waals surface area (Å²) in [4.78, 5) is 26.2. The lowest BCUT2D eigenvalue weighted by Crippen LogP contribution is -2.34. The Balaban J connectivity index is 1.80. The van der Waals surface area contributed by atoms with Crippen molar-refractivity contribution in [1.82, 2.24) is 4.90 Å². The number of hydrogen-bond acceptors (Lipinski definition) is 4. The van der Waals surface area contributed by atoms with Crippen LogP contribution in [0, 0.1) is 5.82 Å². The van der Waals surface area contributed by atoms with Gasteiger partial charge in [-0.3, -0.25) is 9.59 Å². The van der Waals surface area contributed by atoms with Gasteiger partial charge in [0.25, 0.3) is 11.8 Å². The second-order valence-electron chi connectivity index (χ2n) is 5.85. The van der Waals surface area contributed by atoms with Gasteiger partial charge < -0.3 is 19.7 Å². The van der Waals surface area contributed by atoms with Crippen LogP contribution in [0.25, 0.3) is 0 Å². The van der Waals surface area contributed by atoms with Crippen molar-refractivity contribution in [3.63, 3.8) is 0 Å². The van der Waals surface area contributed by atoms with Gasteiger partial charge in [-0.15, -0.1) is 0 Å². The van der Waals surface area contributed by atoms with Crippen LogP contribution in [0.3, 0.4) is 0 Å². The number of nitrogens with one attached hydrogen (secondary N) is 1. The van der Waals surface area contributed by atoms with Gasteiger partial charge in [-0.2, -0.15) is 0 Å². The summed E-state index contributed by atoms with van der Waals surface area (Å²) < 4.78 is 24.3. The van der Waals surface area contributed by atoms with E-state index in [0.29, 0.717) is 36.6 Å². The monoisotopic (exact) mass is 358 g/mol. The van der Waals surface area contributed by atoms with E-state index in [0.717, 1.165) is 0 Å². The first kappa shape index (κ1) is 17.9. The first-order valence-corrected chi connectivity index (χ1v) is 8.17. The molecule has 2 aromatic carbocycles. The Labute approximate surface area is 150 Å². The predicted octanol–water partition coefficient (Wildman–Crippen LogP) is 2.45. The van der Waals surface area contributed by atoms with Gasteiger partial charge in [0.1, 0.15) is 11.6 Å². The average molecular weight is 358 g/mol. The molecule has 2 aromatic rings. The van der Waals surface area contributed by atoms with E-state index in [1.165, 1.54) is 12.1 Å². The second-order valence-corrected chi connectivity index (χ2v) is 5.85. The highest BCUT2D eigenvalue weighted by Gasteiger charge is 2.22.